The molecule has 4 rings (SSSR count). The van der Waals surface area contributed by atoms with Crippen molar-refractivity contribution in [3.63, 3.8) is 0 Å². The molecule has 0 spiro atoms. The number of aromatic nitrogens is 2. The van der Waals surface area contributed by atoms with Crippen molar-refractivity contribution < 1.29 is 14.3 Å². The van der Waals surface area contributed by atoms with Crippen LogP contribution in [0.4, 0.5) is 5.82 Å². The van der Waals surface area contributed by atoms with Gasteiger partial charge in [0, 0.05) is 12.3 Å². The first kappa shape index (κ1) is 19.7. The molecule has 0 bridgehead atoms. The highest BCUT2D eigenvalue weighted by molar-refractivity contribution is 5.94. The van der Waals surface area contributed by atoms with Gasteiger partial charge in [-0.15, -0.1) is 0 Å². The molecule has 1 amide bonds. The van der Waals surface area contributed by atoms with Crippen LogP contribution >= 0.6 is 0 Å². The van der Waals surface area contributed by atoms with Crippen molar-refractivity contribution in [3.05, 3.63) is 80.9 Å². The molecule has 1 aliphatic heterocycles. The lowest BCUT2D eigenvalue weighted by atomic mass is 9.86. The van der Waals surface area contributed by atoms with E-state index in [1.165, 1.54) is 5.56 Å². The topological polar surface area (TPSA) is 93.3 Å². The Balaban J connectivity index is 1.65. The van der Waals surface area contributed by atoms with Gasteiger partial charge in [0.1, 0.15) is 18.2 Å². The highest BCUT2D eigenvalue weighted by atomic mass is 16.5. The molecule has 2 aromatic carbocycles. The number of anilines is 1. The molecule has 7 heteroatoms. The van der Waals surface area contributed by atoms with Gasteiger partial charge in [-0.25, -0.2) is 4.98 Å². The Bertz CT molecular complexity index is 1170. The molecule has 1 atom stereocenters. The van der Waals surface area contributed by atoms with E-state index < -0.39 is 5.92 Å². The molecule has 0 unspecified atom stereocenters. The normalized spacial score (nSPS) is 15.3. The van der Waals surface area contributed by atoms with Crippen LogP contribution in [0.1, 0.15) is 40.4 Å². The summed E-state index contributed by atoms with van der Waals surface area (Å²) in [6.07, 6.45) is 0.160. The number of methoxy groups -OCH3 is 1. The van der Waals surface area contributed by atoms with Crippen LogP contribution in [-0.2, 0) is 11.4 Å². The summed E-state index contributed by atoms with van der Waals surface area (Å²) in [7, 11) is 1.57. The van der Waals surface area contributed by atoms with E-state index in [4.69, 9.17) is 9.47 Å². The van der Waals surface area contributed by atoms with Crippen LogP contribution in [0, 0.1) is 13.8 Å². The van der Waals surface area contributed by atoms with Gasteiger partial charge in [0.2, 0.25) is 5.91 Å². The second kappa shape index (κ2) is 8.02. The van der Waals surface area contributed by atoms with Crippen molar-refractivity contribution in [1.29, 1.82) is 0 Å². The largest absolute Gasteiger partial charge is 0.493 e. The lowest BCUT2D eigenvalue weighted by Crippen LogP contribution is -2.31. The number of ether oxygens (including phenoxy) is 2. The van der Waals surface area contributed by atoms with Gasteiger partial charge < -0.3 is 19.8 Å². The Morgan fingerprint density at radius 2 is 1.93 bits per heavy atom. The number of carbonyl (C=O) groups excluding carboxylic acids is 1. The molecular formula is C23H23N3O4. The maximum absolute atomic E-state index is 12.6. The monoisotopic (exact) mass is 405 g/mol. The minimum atomic E-state index is -0.412. The second-order valence-electron chi connectivity index (χ2n) is 7.41. The van der Waals surface area contributed by atoms with E-state index in [-0.39, 0.29) is 17.9 Å². The smallest absolute Gasteiger partial charge is 0.256 e. The third kappa shape index (κ3) is 3.91. The molecular weight excluding hydrogens is 382 g/mol. The molecule has 2 heterocycles. The molecule has 1 aliphatic rings. The minimum Gasteiger partial charge on any atom is -0.493 e. The molecule has 3 aromatic rings. The highest BCUT2D eigenvalue weighted by Gasteiger charge is 2.31. The second-order valence-corrected chi connectivity index (χ2v) is 7.41. The number of hydrogen-bond donors (Lipinski definition) is 2. The van der Waals surface area contributed by atoms with E-state index in [0.717, 1.165) is 11.1 Å². The van der Waals surface area contributed by atoms with Crippen molar-refractivity contribution in [2.24, 2.45) is 0 Å². The average Bonchev–Trinajstić information content (AvgIpc) is 2.71. The van der Waals surface area contributed by atoms with Crippen LogP contribution in [0.3, 0.4) is 0 Å². The summed E-state index contributed by atoms with van der Waals surface area (Å²) in [5.41, 5.74) is 3.23. The number of amides is 1. The van der Waals surface area contributed by atoms with Crippen molar-refractivity contribution in [2.45, 2.75) is 32.8 Å². The molecule has 7 nitrogen and oxygen atoms in total. The van der Waals surface area contributed by atoms with E-state index in [1.54, 1.807) is 14.0 Å². The zero-order valence-corrected chi connectivity index (χ0v) is 17.1. The molecule has 30 heavy (non-hydrogen) atoms. The highest BCUT2D eigenvalue weighted by Crippen LogP contribution is 2.38. The van der Waals surface area contributed by atoms with Gasteiger partial charge in [-0.3, -0.25) is 9.59 Å². The van der Waals surface area contributed by atoms with Gasteiger partial charge in [-0.05, 0) is 37.1 Å². The van der Waals surface area contributed by atoms with Crippen LogP contribution in [0.2, 0.25) is 0 Å². The minimum absolute atomic E-state index is 0.160. The number of aromatic amines is 1. The Kier molecular flexibility index (Phi) is 5.27. The molecule has 0 fully saturated rings. The van der Waals surface area contributed by atoms with Gasteiger partial charge in [-0.2, -0.15) is 0 Å². The summed E-state index contributed by atoms with van der Waals surface area (Å²) in [5.74, 6) is 1.32. The van der Waals surface area contributed by atoms with Crippen LogP contribution in [0.5, 0.6) is 11.5 Å². The Morgan fingerprint density at radius 1 is 1.10 bits per heavy atom. The van der Waals surface area contributed by atoms with E-state index >= 15 is 0 Å². The van der Waals surface area contributed by atoms with Crippen molar-refractivity contribution in [1.82, 2.24) is 9.97 Å². The molecule has 1 aromatic heterocycles. The number of aryl methyl sites for hydroxylation is 2. The molecule has 2 N–H and O–H groups in total. The number of fused-ring (bicyclic) bond motifs is 1. The fourth-order valence-electron chi connectivity index (χ4n) is 3.75. The number of nitrogens with zero attached hydrogens (tertiary/aromatic N) is 1. The van der Waals surface area contributed by atoms with E-state index in [2.05, 4.69) is 21.4 Å². The summed E-state index contributed by atoms with van der Waals surface area (Å²) in [6, 6.07) is 13.6. The number of H-pyrrole nitrogens is 1. The first-order valence-corrected chi connectivity index (χ1v) is 9.71. The Labute approximate surface area is 174 Å². The number of hydrogen-bond acceptors (Lipinski definition) is 5. The zero-order chi connectivity index (χ0) is 21.3. The van der Waals surface area contributed by atoms with Gasteiger partial charge >= 0.3 is 0 Å². The lowest BCUT2D eigenvalue weighted by molar-refractivity contribution is -0.116. The predicted octanol–water partition coefficient (Wildman–Crippen LogP) is 3.45. The third-order valence-corrected chi connectivity index (χ3v) is 5.14. The van der Waals surface area contributed by atoms with Gasteiger partial charge in [-0.1, -0.05) is 35.9 Å². The number of nitrogens with one attached hydrogen (secondary N) is 2. The van der Waals surface area contributed by atoms with Crippen molar-refractivity contribution >= 4 is 11.7 Å². The van der Waals surface area contributed by atoms with E-state index in [9.17, 15) is 9.59 Å². The third-order valence-electron chi connectivity index (χ3n) is 5.14. The Hall–Kier alpha value is -3.61. The number of carbonyl (C=O) groups is 1. The van der Waals surface area contributed by atoms with Gasteiger partial charge in [0.25, 0.3) is 5.56 Å². The van der Waals surface area contributed by atoms with E-state index in [1.807, 2.05) is 43.3 Å². The molecule has 0 radical (unpaired) electrons. The molecule has 0 saturated heterocycles. The van der Waals surface area contributed by atoms with Gasteiger partial charge in [0.15, 0.2) is 11.5 Å². The number of benzene rings is 2. The standard InChI is InChI=1S/C23H23N3O4/c1-13-5-4-6-15(9-13)12-30-18-8-7-16(10-19(18)29-3)17-11-20(27)26-22-21(17)23(28)25-14(2)24-22/h4-10,17H,11-12H2,1-3H3,(H2,24,25,26,27,28)/t17-/m1/s1. The fourth-order valence-corrected chi connectivity index (χ4v) is 3.75. The summed E-state index contributed by atoms with van der Waals surface area (Å²) in [6.45, 7) is 4.13. The fraction of sp³-hybridized carbons (Fsp3) is 0.261. The maximum atomic E-state index is 12.6. The SMILES string of the molecule is COc1cc([C@H]2CC(=O)Nc3nc(C)[nH]c(=O)c32)ccc1OCc1cccc(C)c1. The van der Waals surface area contributed by atoms with Crippen LogP contribution in [-0.4, -0.2) is 23.0 Å². The number of rotatable bonds is 5. The van der Waals surface area contributed by atoms with E-state index in [0.29, 0.717) is 35.3 Å². The Morgan fingerprint density at radius 3 is 2.70 bits per heavy atom. The quantitative estimate of drug-likeness (QED) is 0.678. The molecule has 154 valence electrons. The summed E-state index contributed by atoms with van der Waals surface area (Å²) in [4.78, 5) is 31.8. The summed E-state index contributed by atoms with van der Waals surface area (Å²) < 4.78 is 11.5. The first-order valence-electron chi connectivity index (χ1n) is 9.71. The average molecular weight is 405 g/mol. The molecule has 0 saturated carbocycles. The maximum Gasteiger partial charge on any atom is 0.256 e. The van der Waals surface area contributed by atoms with Crippen LogP contribution in [0.25, 0.3) is 0 Å². The van der Waals surface area contributed by atoms with Crippen LogP contribution in [0.15, 0.2) is 47.3 Å². The van der Waals surface area contributed by atoms with Crippen molar-refractivity contribution in [2.75, 3.05) is 12.4 Å². The summed E-state index contributed by atoms with van der Waals surface area (Å²) in [5, 5.41) is 2.70. The van der Waals surface area contributed by atoms with Gasteiger partial charge in [0.05, 0.1) is 12.7 Å². The predicted molar refractivity (Wildman–Crippen MR) is 113 cm³/mol. The first-order chi connectivity index (χ1) is 14.4. The van der Waals surface area contributed by atoms with Crippen molar-refractivity contribution in [3.8, 4) is 11.5 Å². The van der Waals surface area contributed by atoms with Crippen LogP contribution < -0.4 is 20.3 Å². The summed E-state index contributed by atoms with van der Waals surface area (Å²) >= 11 is 0. The lowest BCUT2D eigenvalue weighted by Gasteiger charge is -2.25. The molecule has 0 aliphatic carbocycles. The zero-order valence-electron chi connectivity index (χ0n) is 17.1.